The highest BCUT2D eigenvalue weighted by atomic mass is 15.2. The van der Waals surface area contributed by atoms with E-state index in [2.05, 4.69) is 35.3 Å². The minimum Gasteiger partial charge on any atom is -0.314 e. The third kappa shape index (κ3) is 2.43. The average molecular weight is 245 g/mol. The van der Waals surface area contributed by atoms with Crippen molar-refractivity contribution >= 4 is 0 Å². The predicted octanol–water partition coefficient (Wildman–Crippen LogP) is 2.14. The van der Waals surface area contributed by atoms with Gasteiger partial charge >= 0.3 is 0 Å². The zero-order chi connectivity index (χ0) is 12.4. The molecule has 1 aromatic heterocycles. The van der Waals surface area contributed by atoms with Crippen LogP contribution in [-0.4, -0.2) is 36.1 Å². The Balaban J connectivity index is 1.84. The molecule has 1 aliphatic heterocycles. The zero-order valence-corrected chi connectivity index (χ0v) is 11.2. The summed E-state index contributed by atoms with van der Waals surface area (Å²) in [5, 5.41) is 3.45. The fourth-order valence-corrected chi connectivity index (χ4v) is 3.17. The van der Waals surface area contributed by atoms with Crippen LogP contribution < -0.4 is 5.32 Å². The average Bonchev–Trinajstić information content (AvgIpc) is 2.34. The van der Waals surface area contributed by atoms with Crippen LogP contribution in [0.15, 0.2) is 18.2 Å². The minimum atomic E-state index is 0.556. The van der Waals surface area contributed by atoms with Gasteiger partial charge in [0.2, 0.25) is 0 Å². The van der Waals surface area contributed by atoms with E-state index in [9.17, 15) is 0 Å². The van der Waals surface area contributed by atoms with Crippen molar-refractivity contribution in [1.82, 2.24) is 15.2 Å². The SMILES string of the molecule is Cc1cccc([C@@H](C2CCC2)N2CCNCC2)n1. The molecule has 2 aliphatic rings. The van der Waals surface area contributed by atoms with Crippen LogP contribution in [0.3, 0.4) is 0 Å². The zero-order valence-electron chi connectivity index (χ0n) is 11.2. The first-order chi connectivity index (χ1) is 8.84. The number of nitrogens with one attached hydrogen (secondary N) is 1. The van der Waals surface area contributed by atoms with Crippen molar-refractivity contribution in [2.45, 2.75) is 32.2 Å². The van der Waals surface area contributed by atoms with Crippen molar-refractivity contribution in [3.63, 3.8) is 0 Å². The third-order valence-corrected chi connectivity index (χ3v) is 4.35. The lowest BCUT2D eigenvalue weighted by molar-refractivity contribution is 0.0808. The van der Waals surface area contributed by atoms with Crippen molar-refractivity contribution in [2.24, 2.45) is 5.92 Å². The van der Waals surface area contributed by atoms with Crippen LogP contribution in [0.5, 0.6) is 0 Å². The van der Waals surface area contributed by atoms with E-state index in [1.54, 1.807) is 0 Å². The predicted molar refractivity (Wildman–Crippen MR) is 73.5 cm³/mol. The maximum atomic E-state index is 4.79. The molecule has 3 heteroatoms. The lowest BCUT2D eigenvalue weighted by Crippen LogP contribution is -2.48. The van der Waals surface area contributed by atoms with Crippen molar-refractivity contribution < 1.29 is 0 Å². The van der Waals surface area contributed by atoms with Crippen molar-refractivity contribution in [3.05, 3.63) is 29.6 Å². The lowest BCUT2D eigenvalue weighted by Gasteiger charge is -2.42. The summed E-state index contributed by atoms with van der Waals surface area (Å²) in [5.41, 5.74) is 2.44. The van der Waals surface area contributed by atoms with E-state index < -0.39 is 0 Å². The van der Waals surface area contributed by atoms with Crippen LogP contribution in [0.2, 0.25) is 0 Å². The second-order valence-electron chi connectivity index (χ2n) is 5.63. The molecular formula is C15H23N3. The summed E-state index contributed by atoms with van der Waals surface area (Å²) >= 11 is 0. The molecule has 0 spiro atoms. The Morgan fingerprint density at radius 2 is 2.06 bits per heavy atom. The van der Waals surface area contributed by atoms with E-state index in [0.717, 1.165) is 37.8 Å². The normalized spacial score (nSPS) is 23.6. The van der Waals surface area contributed by atoms with Gasteiger partial charge in [-0.15, -0.1) is 0 Å². The molecule has 1 saturated heterocycles. The molecule has 18 heavy (non-hydrogen) atoms. The summed E-state index contributed by atoms with van der Waals surface area (Å²) in [7, 11) is 0. The maximum Gasteiger partial charge on any atom is 0.0581 e. The Bertz CT molecular complexity index is 394. The third-order valence-electron chi connectivity index (χ3n) is 4.35. The van der Waals surface area contributed by atoms with Gasteiger partial charge in [0.1, 0.15) is 0 Å². The molecular weight excluding hydrogens is 222 g/mol. The summed E-state index contributed by atoms with van der Waals surface area (Å²) < 4.78 is 0. The monoisotopic (exact) mass is 245 g/mol. The van der Waals surface area contributed by atoms with Gasteiger partial charge in [-0.1, -0.05) is 12.5 Å². The van der Waals surface area contributed by atoms with E-state index in [4.69, 9.17) is 4.98 Å². The summed E-state index contributed by atoms with van der Waals surface area (Å²) in [5.74, 6) is 0.831. The van der Waals surface area contributed by atoms with E-state index in [-0.39, 0.29) is 0 Å². The van der Waals surface area contributed by atoms with Gasteiger partial charge in [0.25, 0.3) is 0 Å². The van der Waals surface area contributed by atoms with E-state index in [0.29, 0.717) is 6.04 Å². The quantitative estimate of drug-likeness (QED) is 0.884. The van der Waals surface area contributed by atoms with Crippen LogP contribution in [-0.2, 0) is 0 Å². The molecule has 2 heterocycles. The summed E-state index contributed by atoms with van der Waals surface area (Å²) in [4.78, 5) is 7.43. The van der Waals surface area contributed by atoms with Crippen molar-refractivity contribution in [1.29, 1.82) is 0 Å². The molecule has 0 unspecified atom stereocenters. The molecule has 1 atom stereocenters. The van der Waals surface area contributed by atoms with E-state index in [1.807, 2.05) is 0 Å². The maximum absolute atomic E-state index is 4.79. The summed E-state index contributed by atoms with van der Waals surface area (Å²) in [6.07, 6.45) is 4.16. The first kappa shape index (κ1) is 12.1. The highest BCUT2D eigenvalue weighted by Crippen LogP contribution is 2.40. The molecule has 1 saturated carbocycles. The van der Waals surface area contributed by atoms with Crippen LogP contribution in [0, 0.1) is 12.8 Å². The molecule has 0 radical (unpaired) electrons. The summed E-state index contributed by atoms with van der Waals surface area (Å²) in [6.45, 7) is 6.66. The molecule has 2 fully saturated rings. The molecule has 1 aromatic rings. The number of nitrogens with zero attached hydrogens (tertiary/aromatic N) is 2. The highest BCUT2D eigenvalue weighted by Gasteiger charge is 2.34. The van der Waals surface area contributed by atoms with Gasteiger partial charge in [-0.25, -0.2) is 0 Å². The van der Waals surface area contributed by atoms with Crippen molar-refractivity contribution in [3.8, 4) is 0 Å². The number of piperazine rings is 1. The van der Waals surface area contributed by atoms with Gasteiger partial charge in [0.05, 0.1) is 11.7 Å². The van der Waals surface area contributed by atoms with E-state index >= 15 is 0 Å². The standard InChI is InChI=1S/C15H23N3/c1-12-4-2-7-14(17-12)15(13-5-3-6-13)18-10-8-16-9-11-18/h2,4,7,13,15-16H,3,5-6,8-11H2,1H3/t15-/m1/s1. The Labute approximate surface area is 110 Å². The van der Waals surface area contributed by atoms with Crippen LogP contribution in [0.25, 0.3) is 0 Å². The molecule has 98 valence electrons. The largest absolute Gasteiger partial charge is 0.314 e. The molecule has 0 bridgehead atoms. The molecule has 3 nitrogen and oxygen atoms in total. The second kappa shape index (κ2) is 5.37. The van der Waals surface area contributed by atoms with Crippen molar-refractivity contribution in [2.75, 3.05) is 26.2 Å². The Kier molecular flexibility index (Phi) is 3.62. The minimum absolute atomic E-state index is 0.556. The van der Waals surface area contributed by atoms with Gasteiger partial charge in [0.15, 0.2) is 0 Å². The summed E-state index contributed by atoms with van der Waals surface area (Å²) in [6, 6.07) is 7.03. The molecule has 1 N–H and O–H groups in total. The molecule has 0 aromatic carbocycles. The van der Waals surface area contributed by atoms with Crippen LogP contribution in [0.4, 0.5) is 0 Å². The van der Waals surface area contributed by atoms with Crippen LogP contribution >= 0.6 is 0 Å². The number of rotatable bonds is 3. The molecule has 1 aliphatic carbocycles. The number of aryl methyl sites for hydroxylation is 1. The smallest absolute Gasteiger partial charge is 0.0581 e. The van der Waals surface area contributed by atoms with Gasteiger partial charge in [-0.2, -0.15) is 0 Å². The highest BCUT2D eigenvalue weighted by molar-refractivity contribution is 5.15. The number of hydrogen-bond acceptors (Lipinski definition) is 3. The Morgan fingerprint density at radius 3 is 2.67 bits per heavy atom. The molecule has 0 amide bonds. The second-order valence-corrected chi connectivity index (χ2v) is 5.63. The first-order valence-electron chi connectivity index (χ1n) is 7.23. The Morgan fingerprint density at radius 1 is 1.28 bits per heavy atom. The number of pyridine rings is 1. The van der Waals surface area contributed by atoms with Crippen LogP contribution in [0.1, 0.15) is 36.7 Å². The van der Waals surface area contributed by atoms with E-state index in [1.165, 1.54) is 25.0 Å². The van der Waals surface area contributed by atoms with Gasteiger partial charge in [-0.3, -0.25) is 9.88 Å². The first-order valence-corrected chi connectivity index (χ1v) is 7.23. The molecule has 3 rings (SSSR count). The van der Waals surface area contributed by atoms with Gasteiger partial charge in [-0.05, 0) is 37.8 Å². The number of hydrogen-bond donors (Lipinski definition) is 1. The number of aromatic nitrogens is 1. The Hall–Kier alpha value is -0.930. The fourth-order valence-electron chi connectivity index (χ4n) is 3.17. The van der Waals surface area contributed by atoms with Gasteiger partial charge < -0.3 is 5.32 Å². The topological polar surface area (TPSA) is 28.2 Å². The lowest BCUT2D eigenvalue weighted by atomic mass is 9.77. The van der Waals surface area contributed by atoms with Gasteiger partial charge in [0, 0.05) is 31.9 Å². The fraction of sp³-hybridized carbons (Fsp3) is 0.667.